The van der Waals surface area contributed by atoms with Gasteiger partial charge >= 0.3 is 0 Å². The van der Waals surface area contributed by atoms with E-state index in [-0.39, 0.29) is 5.91 Å². The first-order chi connectivity index (χ1) is 16.0. The molecular formula is C25H34N6O2. The summed E-state index contributed by atoms with van der Waals surface area (Å²) in [5.41, 5.74) is 2.41. The molecule has 8 nitrogen and oxygen atoms in total. The molecule has 1 aromatic carbocycles. The molecule has 0 unspecified atom stereocenters. The molecule has 33 heavy (non-hydrogen) atoms. The lowest BCUT2D eigenvalue weighted by Crippen LogP contribution is -2.35. The van der Waals surface area contributed by atoms with Gasteiger partial charge in [0.15, 0.2) is 0 Å². The third-order valence-corrected chi connectivity index (χ3v) is 6.08. The van der Waals surface area contributed by atoms with Gasteiger partial charge in [-0.15, -0.1) is 0 Å². The summed E-state index contributed by atoms with van der Waals surface area (Å²) < 4.78 is 9.46. The molecule has 0 spiro atoms. The summed E-state index contributed by atoms with van der Waals surface area (Å²) >= 11 is 0. The van der Waals surface area contributed by atoms with Crippen molar-refractivity contribution >= 4 is 11.7 Å². The van der Waals surface area contributed by atoms with Crippen molar-refractivity contribution in [3.05, 3.63) is 60.0 Å². The number of rotatable bonds is 9. The quantitative estimate of drug-likeness (QED) is 0.534. The Balaban J connectivity index is 1.35. The van der Waals surface area contributed by atoms with E-state index in [1.807, 2.05) is 27.7 Å². The Bertz CT molecular complexity index is 1040. The smallest absolute Gasteiger partial charge is 0.225 e. The van der Waals surface area contributed by atoms with Gasteiger partial charge in [0.2, 0.25) is 5.91 Å². The molecule has 0 radical (unpaired) electrons. The van der Waals surface area contributed by atoms with Gasteiger partial charge in [0.1, 0.15) is 11.6 Å². The lowest BCUT2D eigenvalue weighted by molar-refractivity contribution is -0.116. The van der Waals surface area contributed by atoms with E-state index in [9.17, 15) is 4.79 Å². The van der Waals surface area contributed by atoms with Crippen molar-refractivity contribution in [3.63, 3.8) is 0 Å². The normalized spacial score (nSPS) is 15.2. The predicted octanol–water partition coefficient (Wildman–Crippen LogP) is 3.96. The number of piperidine rings is 1. The number of carbonyl (C=O) groups is 1. The zero-order valence-electron chi connectivity index (χ0n) is 19.8. The van der Waals surface area contributed by atoms with E-state index in [4.69, 9.17) is 4.74 Å². The van der Waals surface area contributed by atoms with Crippen molar-refractivity contribution in [2.24, 2.45) is 5.92 Å². The number of nitrogens with zero attached hydrogens (tertiary/aromatic N) is 5. The summed E-state index contributed by atoms with van der Waals surface area (Å²) in [5, 5.41) is 11.9. The second-order valence-electron chi connectivity index (χ2n) is 9.16. The van der Waals surface area contributed by atoms with E-state index in [1.54, 1.807) is 19.5 Å². The molecule has 1 fully saturated rings. The Kier molecular flexibility index (Phi) is 7.44. The highest BCUT2D eigenvalue weighted by Crippen LogP contribution is 2.27. The number of nitrogens with one attached hydrogen (secondary N) is 1. The maximum absolute atomic E-state index is 12.2. The molecule has 1 aliphatic rings. The Morgan fingerprint density at radius 2 is 1.97 bits per heavy atom. The third-order valence-electron chi connectivity index (χ3n) is 6.08. The van der Waals surface area contributed by atoms with Crippen LogP contribution in [0.3, 0.4) is 0 Å². The number of carbonyl (C=O) groups excluding carboxylic acids is 1. The standard InChI is InChI=1S/C25H34N6O2/c1-19(2)15-25(32)28-24-7-11-27-31(24)22-8-13-29(14-9-22)17-20-5-6-23(33-3)21(16-20)18-30-12-4-10-26-30/h4-7,10-12,16,19,22H,8-9,13-15,17-18H2,1-3H3,(H,28,32). The first-order valence-corrected chi connectivity index (χ1v) is 11.7. The fraction of sp³-hybridized carbons (Fsp3) is 0.480. The average molecular weight is 451 g/mol. The van der Waals surface area contributed by atoms with Gasteiger partial charge in [0, 0.05) is 50.1 Å². The van der Waals surface area contributed by atoms with Crippen LogP contribution >= 0.6 is 0 Å². The van der Waals surface area contributed by atoms with Crippen LogP contribution in [0.15, 0.2) is 48.9 Å². The van der Waals surface area contributed by atoms with Crippen LogP contribution in [0.2, 0.25) is 0 Å². The van der Waals surface area contributed by atoms with Crippen molar-refractivity contribution in [2.45, 2.75) is 52.2 Å². The second kappa shape index (κ2) is 10.7. The fourth-order valence-corrected chi connectivity index (χ4v) is 4.47. The van der Waals surface area contributed by atoms with Crippen LogP contribution in [0.1, 0.15) is 50.3 Å². The van der Waals surface area contributed by atoms with Crippen molar-refractivity contribution in [1.29, 1.82) is 0 Å². The molecule has 176 valence electrons. The molecule has 0 atom stereocenters. The minimum absolute atomic E-state index is 0.0506. The van der Waals surface area contributed by atoms with Gasteiger partial charge in [-0.25, -0.2) is 4.68 Å². The largest absolute Gasteiger partial charge is 0.496 e. The SMILES string of the molecule is COc1ccc(CN2CCC(n3nccc3NC(=O)CC(C)C)CC2)cc1Cn1cccn1. The number of anilines is 1. The van der Waals surface area contributed by atoms with Gasteiger partial charge in [-0.2, -0.15) is 10.2 Å². The van der Waals surface area contributed by atoms with E-state index < -0.39 is 0 Å². The number of methoxy groups -OCH3 is 1. The maximum atomic E-state index is 12.2. The molecule has 1 N–H and O–H groups in total. The van der Waals surface area contributed by atoms with Crippen molar-refractivity contribution in [3.8, 4) is 5.75 Å². The van der Waals surface area contributed by atoms with Crippen molar-refractivity contribution in [2.75, 3.05) is 25.5 Å². The monoisotopic (exact) mass is 450 g/mol. The maximum Gasteiger partial charge on any atom is 0.225 e. The van der Waals surface area contributed by atoms with Crippen LogP contribution in [-0.2, 0) is 17.9 Å². The van der Waals surface area contributed by atoms with E-state index >= 15 is 0 Å². The summed E-state index contributed by atoms with van der Waals surface area (Å²) in [5.74, 6) is 2.08. The predicted molar refractivity (Wildman–Crippen MR) is 128 cm³/mol. The number of benzene rings is 1. The molecule has 1 saturated heterocycles. The highest BCUT2D eigenvalue weighted by molar-refractivity contribution is 5.89. The summed E-state index contributed by atoms with van der Waals surface area (Å²) in [6.07, 6.45) is 8.06. The Morgan fingerprint density at radius 1 is 1.15 bits per heavy atom. The summed E-state index contributed by atoms with van der Waals surface area (Å²) in [7, 11) is 1.71. The first kappa shape index (κ1) is 23.0. The number of amides is 1. The Morgan fingerprint density at radius 3 is 2.67 bits per heavy atom. The number of aromatic nitrogens is 4. The van der Waals surface area contributed by atoms with Gasteiger partial charge in [-0.05, 0) is 42.5 Å². The molecular weight excluding hydrogens is 416 g/mol. The second-order valence-corrected chi connectivity index (χ2v) is 9.16. The summed E-state index contributed by atoms with van der Waals surface area (Å²) in [4.78, 5) is 14.7. The average Bonchev–Trinajstić information content (AvgIpc) is 3.46. The van der Waals surface area contributed by atoms with E-state index in [2.05, 4.69) is 52.5 Å². The van der Waals surface area contributed by atoms with Gasteiger partial charge < -0.3 is 10.1 Å². The van der Waals surface area contributed by atoms with Crippen LogP contribution < -0.4 is 10.1 Å². The molecule has 1 aliphatic heterocycles. The Labute approximate surface area is 195 Å². The van der Waals surface area contributed by atoms with Crippen LogP contribution in [0.4, 0.5) is 5.82 Å². The van der Waals surface area contributed by atoms with Gasteiger partial charge in [-0.1, -0.05) is 19.9 Å². The minimum Gasteiger partial charge on any atom is -0.496 e. The van der Waals surface area contributed by atoms with Gasteiger partial charge in [-0.3, -0.25) is 14.4 Å². The van der Waals surface area contributed by atoms with Crippen molar-refractivity contribution < 1.29 is 9.53 Å². The molecule has 3 aromatic rings. The van der Waals surface area contributed by atoms with Gasteiger partial charge in [0.25, 0.3) is 0 Å². The van der Waals surface area contributed by atoms with Gasteiger partial charge in [0.05, 0.1) is 25.9 Å². The highest BCUT2D eigenvalue weighted by Gasteiger charge is 2.23. The number of hydrogen-bond donors (Lipinski definition) is 1. The lowest BCUT2D eigenvalue weighted by atomic mass is 10.0. The van der Waals surface area contributed by atoms with E-state index in [0.717, 1.165) is 49.6 Å². The fourth-order valence-electron chi connectivity index (χ4n) is 4.47. The minimum atomic E-state index is 0.0506. The van der Waals surface area contributed by atoms with Crippen molar-refractivity contribution in [1.82, 2.24) is 24.5 Å². The topological polar surface area (TPSA) is 77.2 Å². The molecule has 0 aliphatic carbocycles. The Hall–Kier alpha value is -3.13. The number of ether oxygens (including phenoxy) is 1. The van der Waals surface area contributed by atoms with E-state index in [0.29, 0.717) is 24.9 Å². The summed E-state index contributed by atoms with van der Waals surface area (Å²) in [6.45, 7) is 7.68. The van der Waals surface area contributed by atoms with E-state index in [1.165, 1.54) is 5.56 Å². The van der Waals surface area contributed by atoms with Crippen LogP contribution in [0, 0.1) is 5.92 Å². The zero-order chi connectivity index (χ0) is 23.2. The third kappa shape index (κ3) is 6.01. The summed E-state index contributed by atoms with van der Waals surface area (Å²) in [6, 6.07) is 10.5. The molecule has 0 bridgehead atoms. The molecule has 0 saturated carbocycles. The van der Waals surface area contributed by atoms with Crippen LogP contribution in [0.5, 0.6) is 5.75 Å². The molecule has 8 heteroatoms. The number of hydrogen-bond acceptors (Lipinski definition) is 5. The van der Waals surface area contributed by atoms with Crippen LogP contribution in [0.25, 0.3) is 0 Å². The van der Waals surface area contributed by atoms with Crippen LogP contribution in [-0.4, -0.2) is 50.6 Å². The first-order valence-electron chi connectivity index (χ1n) is 11.7. The molecule has 4 rings (SSSR count). The molecule has 1 amide bonds. The zero-order valence-corrected chi connectivity index (χ0v) is 19.8. The molecule has 2 aromatic heterocycles. The lowest BCUT2D eigenvalue weighted by Gasteiger charge is -2.32. The highest BCUT2D eigenvalue weighted by atomic mass is 16.5. The molecule has 3 heterocycles. The number of likely N-dealkylation sites (tertiary alicyclic amines) is 1.